The Balaban J connectivity index is 2.24. The van der Waals surface area contributed by atoms with Gasteiger partial charge in [-0.15, -0.1) is 11.3 Å². The monoisotopic (exact) mass is 269 g/mol. The lowest BCUT2D eigenvalue weighted by Crippen LogP contribution is -2.49. The summed E-state index contributed by atoms with van der Waals surface area (Å²) in [6.07, 6.45) is 1.94. The molecule has 4 heteroatoms. The molecular formula is C14H23NO2S. The van der Waals surface area contributed by atoms with Gasteiger partial charge in [0.25, 0.3) is 0 Å². The number of nitrogens with one attached hydrogen (secondary N) is 1. The molecule has 0 radical (unpaired) electrons. The summed E-state index contributed by atoms with van der Waals surface area (Å²) in [5.41, 5.74) is -0.103. The molecule has 1 fully saturated rings. The van der Waals surface area contributed by atoms with Crippen molar-refractivity contribution in [3.05, 3.63) is 22.4 Å². The molecule has 1 aromatic rings. The summed E-state index contributed by atoms with van der Waals surface area (Å²) in [6.45, 7) is 7.54. The first kappa shape index (κ1) is 14.0. The molecule has 2 heterocycles. The van der Waals surface area contributed by atoms with E-state index in [1.807, 2.05) is 0 Å². The third kappa shape index (κ3) is 2.94. The summed E-state index contributed by atoms with van der Waals surface area (Å²) < 4.78 is 11.7. The first-order valence-corrected chi connectivity index (χ1v) is 7.69. The van der Waals surface area contributed by atoms with Gasteiger partial charge in [-0.25, -0.2) is 0 Å². The first-order chi connectivity index (χ1) is 8.82. The Morgan fingerprint density at radius 1 is 1.44 bits per heavy atom. The van der Waals surface area contributed by atoms with Gasteiger partial charge < -0.3 is 14.8 Å². The lowest BCUT2D eigenvalue weighted by atomic mass is 9.85. The van der Waals surface area contributed by atoms with Gasteiger partial charge in [-0.05, 0) is 24.9 Å². The Morgan fingerprint density at radius 2 is 2.22 bits per heavy atom. The standard InChI is InChI=1S/C14H23NO2S/c1-3-15-13(12-6-5-11-18-12)14(17-4-2)7-9-16-10-8-14/h5-6,11,13,15H,3-4,7-10H2,1-2H3. The van der Waals surface area contributed by atoms with E-state index in [-0.39, 0.29) is 11.6 Å². The van der Waals surface area contributed by atoms with Gasteiger partial charge in [0.05, 0.1) is 11.6 Å². The minimum atomic E-state index is -0.103. The molecule has 0 bridgehead atoms. The molecule has 0 spiro atoms. The molecule has 2 rings (SSSR count). The summed E-state index contributed by atoms with van der Waals surface area (Å²) in [4.78, 5) is 1.37. The van der Waals surface area contributed by atoms with Crippen LogP contribution in [-0.4, -0.2) is 32.0 Å². The van der Waals surface area contributed by atoms with Crippen molar-refractivity contribution in [2.45, 2.75) is 38.3 Å². The van der Waals surface area contributed by atoms with Gasteiger partial charge in [0.15, 0.2) is 0 Å². The van der Waals surface area contributed by atoms with Crippen molar-refractivity contribution in [1.29, 1.82) is 0 Å². The predicted octanol–water partition coefficient (Wildman–Crippen LogP) is 2.98. The van der Waals surface area contributed by atoms with E-state index < -0.39 is 0 Å². The minimum Gasteiger partial charge on any atom is -0.381 e. The van der Waals surface area contributed by atoms with Crippen LogP contribution >= 0.6 is 11.3 Å². The Hall–Kier alpha value is -0.420. The zero-order valence-corrected chi connectivity index (χ0v) is 12.1. The fourth-order valence-electron chi connectivity index (χ4n) is 2.73. The third-order valence-corrected chi connectivity index (χ3v) is 4.47. The minimum absolute atomic E-state index is 0.103. The van der Waals surface area contributed by atoms with Crippen LogP contribution in [0.15, 0.2) is 17.5 Å². The molecule has 0 aliphatic carbocycles. The second-order valence-corrected chi connectivity index (χ2v) is 5.60. The highest BCUT2D eigenvalue weighted by Gasteiger charge is 2.42. The molecule has 0 amide bonds. The highest BCUT2D eigenvalue weighted by molar-refractivity contribution is 7.10. The number of ether oxygens (including phenoxy) is 2. The van der Waals surface area contributed by atoms with Crippen molar-refractivity contribution in [3.8, 4) is 0 Å². The van der Waals surface area contributed by atoms with Crippen molar-refractivity contribution in [2.24, 2.45) is 0 Å². The van der Waals surface area contributed by atoms with Crippen LogP contribution in [0.4, 0.5) is 0 Å². The van der Waals surface area contributed by atoms with Crippen LogP contribution in [-0.2, 0) is 9.47 Å². The molecule has 0 saturated carbocycles. The van der Waals surface area contributed by atoms with Crippen LogP contribution in [0.5, 0.6) is 0 Å². The van der Waals surface area contributed by atoms with Gasteiger partial charge >= 0.3 is 0 Å². The number of likely N-dealkylation sites (N-methyl/N-ethyl adjacent to an activating group) is 1. The summed E-state index contributed by atoms with van der Waals surface area (Å²) in [5, 5.41) is 5.75. The zero-order chi connectivity index (χ0) is 12.8. The van der Waals surface area contributed by atoms with Gasteiger partial charge in [0.1, 0.15) is 0 Å². The van der Waals surface area contributed by atoms with Gasteiger partial charge in [-0.2, -0.15) is 0 Å². The molecule has 3 nitrogen and oxygen atoms in total. The molecule has 0 aromatic carbocycles. The zero-order valence-electron chi connectivity index (χ0n) is 11.3. The Kier molecular flexibility index (Phi) is 5.18. The lowest BCUT2D eigenvalue weighted by molar-refractivity contribution is -0.127. The van der Waals surface area contributed by atoms with Crippen LogP contribution in [0, 0.1) is 0 Å². The molecule has 102 valence electrons. The lowest BCUT2D eigenvalue weighted by Gasteiger charge is -2.43. The smallest absolute Gasteiger partial charge is 0.0927 e. The van der Waals surface area contributed by atoms with Crippen LogP contribution in [0.2, 0.25) is 0 Å². The van der Waals surface area contributed by atoms with E-state index in [1.165, 1.54) is 4.88 Å². The maximum absolute atomic E-state index is 6.17. The maximum atomic E-state index is 6.17. The Labute approximate surface area is 113 Å². The van der Waals surface area contributed by atoms with Crippen LogP contribution < -0.4 is 5.32 Å². The van der Waals surface area contributed by atoms with Crippen molar-refractivity contribution < 1.29 is 9.47 Å². The van der Waals surface area contributed by atoms with Gasteiger partial charge in [-0.3, -0.25) is 0 Å². The second-order valence-electron chi connectivity index (χ2n) is 4.62. The predicted molar refractivity (Wildman–Crippen MR) is 75.1 cm³/mol. The molecule has 1 aromatic heterocycles. The fraction of sp³-hybridized carbons (Fsp3) is 0.714. The molecular weight excluding hydrogens is 246 g/mol. The van der Waals surface area contributed by atoms with E-state index in [0.29, 0.717) is 0 Å². The number of thiophene rings is 1. The first-order valence-electron chi connectivity index (χ1n) is 6.81. The van der Waals surface area contributed by atoms with Crippen molar-refractivity contribution >= 4 is 11.3 Å². The normalized spacial score (nSPS) is 20.8. The van der Waals surface area contributed by atoms with E-state index >= 15 is 0 Å². The number of hydrogen-bond donors (Lipinski definition) is 1. The quantitative estimate of drug-likeness (QED) is 0.861. The maximum Gasteiger partial charge on any atom is 0.0927 e. The van der Waals surface area contributed by atoms with E-state index in [0.717, 1.165) is 39.2 Å². The van der Waals surface area contributed by atoms with Gasteiger partial charge in [-0.1, -0.05) is 13.0 Å². The fourth-order valence-corrected chi connectivity index (χ4v) is 3.63. The van der Waals surface area contributed by atoms with E-state index in [4.69, 9.17) is 9.47 Å². The summed E-state index contributed by atoms with van der Waals surface area (Å²) in [5.74, 6) is 0. The number of hydrogen-bond acceptors (Lipinski definition) is 4. The summed E-state index contributed by atoms with van der Waals surface area (Å²) >= 11 is 1.81. The molecule has 1 aliphatic heterocycles. The van der Waals surface area contributed by atoms with Gasteiger partial charge in [0, 0.05) is 37.5 Å². The molecule has 1 aliphatic rings. The summed E-state index contributed by atoms with van der Waals surface area (Å²) in [6, 6.07) is 4.60. The van der Waals surface area contributed by atoms with E-state index in [9.17, 15) is 0 Å². The topological polar surface area (TPSA) is 30.5 Å². The van der Waals surface area contributed by atoms with Crippen molar-refractivity contribution in [2.75, 3.05) is 26.4 Å². The average molecular weight is 269 g/mol. The summed E-state index contributed by atoms with van der Waals surface area (Å²) in [7, 11) is 0. The van der Waals surface area contributed by atoms with E-state index in [2.05, 4.69) is 36.7 Å². The molecule has 1 N–H and O–H groups in total. The van der Waals surface area contributed by atoms with E-state index in [1.54, 1.807) is 11.3 Å². The largest absolute Gasteiger partial charge is 0.381 e. The third-order valence-electron chi connectivity index (χ3n) is 3.53. The highest BCUT2D eigenvalue weighted by Crippen LogP contribution is 2.39. The molecule has 1 atom stereocenters. The van der Waals surface area contributed by atoms with Crippen LogP contribution in [0.3, 0.4) is 0 Å². The highest BCUT2D eigenvalue weighted by atomic mass is 32.1. The average Bonchev–Trinajstić information content (AvgIpc) is 2.91. The molecule has 1 unspecified atom stereocenters. The SMILES string of the molecule is CCNC(c1cccs1)C1(OCC)CCOCC1. The molecule has 18 heavy (non-hydrogen) atoms. The van der Waals surface area contributed by atoms with Crippen molar-refractivity contribution in [1.82, 2.24) is 5.32 Å². The second kappa shape index (κ2) is 6.66. The molecule has 1 saturated heterocycles. The Morgan fingerprint density at radius 3 is 2.78 bits per heavy atom. The van der Waals surface area contributed by atoms with Crippen molar-refractivity contribution in [3.63, 3.8) is 0 Å². The van der Waals surface area contributed by atoms with Crippen LogP contribution in [0.1, 0.15) is 37.6 Å². The van der Waals surface area contributed by atoms with Gasteiger partial charge in [0.2, 0.25) is 0 Å². The number of rotatable bonds is 6. The van der Waals surface area contributed by atoms with Crippen LogP contribution in [0.25, 0.3) is 0 Å². The Bertz CT molecular complexity index is 328.